The lowest BCUT2D eigenvalue weighted by molar-refractivity contribution is 0.265. The Morgan fingerprint density at radius 1 is 1.32 bits per heavy atom. The molecule has 1 aliphatic rings. The Labute approximate surface area is 119 Å². The first kappa shape index (κ1) is 14.8. The van der Waals surface area contributed by atoms with Crippen LogP contribution in [-0.2, 0) is 16.8 Å². The number of piperidine rings is 1. The molecule has 0 radical (unpaired) electrons. The lowest BCUT2D eigenvalue weighted by Crippen LogP contribution is -2.47. The first-order valence-corrected chi connectivity index (χ1v) is 8.32. The second-order valence-corrected chi connectivity index (χ2v) is 7.05. The Morgan fingerprint density at radius 3 is 2.63 bits per heavy atom. The number of halogens is 1. The molecule has 4 nitrogen and oxygen atoms in total. The fraction of sp³-hybridized carbons (Fsp3) is 0.538. The number of hydrogen-bond acceptors (Lipinski definition) is 2. The summed E-state index contributed by atoms with van der Waals surface area (Å²) in [4.78, 5) is 0. The highest BCUT2D eigenvalue weighted by molar-refractivity contribution is 7.87. The van der Waals surface area contributed by atoms with E-state index in [4.69, 9.17) is 11.6 Å². The zero-order valence-electron chi connectivity index (χ0n) is 11.0. The third-order valence-corrected chi connectivity index (χ3v) is 5.34. The van der Waals surface area contributed by atoms with Gasteiger partial charge in [0, 0.05) is 24.2 Å². The average Bonchev–Trinajstić information content (AvgIpc) is 2.38. The standard InChI is InChI=1S/C13H19ClN2O2S/c1-11-4-2-3-9-16(11)19(17,18)15-10-12-5-7-13(14)8-6-12/h5-8,11,15H,2-4,9-10H2,1H3/t11-/m1/s1. The molecule has 6 heteroatoms. The van der Waals surface area contributed by atoms with Crippen LogP contribution < -0.4 is 4.72 Å². The molecule has 0 amide bonds. The van der Waals surface area contributed by atoms with Gasteiger partial charge in [-0.05, 0) is 37.5 Å². The van der Waals surface area contributed by atoms with Crippen LogP contribution in [0.2, 0.25) is 5.02 Å². The molecular formula is C13H19ClN2O2S. The lowest BCUT2D eigenvalue weighted by Gasteiger charge is -2.32. The van der Waals surface area contributed by atoms with Crippen molar-refractivity contribution in [1.82, 2.24) is 9.03 Å². The van der Waals surface area contributed by atoms with Crippen LogP contribution in [0.3, 0.4) is 0 Å². The van der Waals surface area contributed by atoms with E-state index in [0.717, 1.165) is 24.8 Å². The molecule has 0 unspecified atom stereocenters. The SMILES string of the molecule is C[C@@H]1CCCCN1S(=O)(=O)NCc1ccc(Cl)cc1. The zero-order valence-corrected chi connectivity index (χ0v) is 12.5. The Kier molecular flexibility index (Phi) is 4.84. The van der Waals surface area contributed by atoms with Crippen molar-refractivity contribution < 1.29 is 8.42 Å². The van der Waals surface area contributed by atoms with Crippen LogP contribution in [0.4, 0.5) is 0 Å². The van der Waals surface area contributed by atoms with Crippen LogP contribution in [0, 0.1) is 0 Å². The van der Waals surface area contributed by atoms with Crippen molar-refractivity contribution in [2.45, 2.75) is 38.8 Å². The van der Waals surface area contributed by atoms with Crippen molar-refractivity contribution in [3.05, 3.63) is 34.9 Å². The molecule has 0 aliphatic carbocycles. The van der Waals surface area contributed by atoms with Crippen LogP contribution in [-0.4, -0.2) is 25.3 Å². The smallest absolute Gasteiger partial charge is 0.198 e. The predicted molar refractivity (Wildman–Crippen MR) is 77.2 cm³/mol. The molecule has 0 bridgehead atoms. The molecule has 1 aromatic carbocycles. The van der Waals surface area contributed by atoms with Crippen LogP contribution in [0.1, 0.15) is 31.7 Å². The topological polar surface area (TPSA) is 49.4 Å². The van der Waals surface area contributed by atoms with E-state index >= 15 is 0 Å². The summed E-state index contributed by atoms with van der Waals surface area (Å²) in [6.45, 7) is 2.86. The van der Waals surface area contributed by atoms with Crippen LogP contribution >= 0.6 is 11.6 Å². The van der Waals surface area contributed by atoms with Crippen molar-refractivity contribution in [1.29, 1.82) is 0 Å². The van der Waals surface area contributed by atoms with Crippen molar-refractivity contribution in [3.8, 4) is 0 Å². The Bertz CT molecular complexity index is 516. The minimum absolute atomic E-state index is 0.0801. The number of nitrogens with one attached hydrogen (secondary N) is 1. The molecule has 19 heavy (non-hydrogen) atoms. The van der Waals surface area contributed by atoms with Gasteiger partial charge in [0.25, 0.3) is 10.2 Å². The van der Waals surface area contributed by atoms with E-state index in [9.17, 15) is 8.42 Å². The number of rotatable bonds is 4. The highest BCUT2D eigenvalue weighted by Gasteiger charge is 2.28. The fourth-order valence-electron chi connectivity index (χ4n) is 2.29. The third-order valence-electron chi connectivity index (χ3n) is 3.42. The molecular weight excluding hydrogens is 284 g/mol. The van der Waals surface area contributed by atoms with Crippen molar-refractivity contribution in [2.24, 2.45) is 0 Å². The summed E-state index contributed by atoms with van der Waals surface area (Å²) in [7, 11) is -3.39. The quantitative estimate of drug-likeness (QED) is 0.929. The van der Waals surface area contributed by atoms with Gasteiger partial charge < -0.3 is 0 Å². The summed E-state index contributed by atoms with van der Waals surface area (Å²) < 4.78 is 28.7. The highest BCUT2D eigenvalue weighted by Crippen LogP contribution is 2.19. The maximum Gasteiger partial charge on any atom is 0.279 e. The second kappa shape index (κ2) is 6.22. The first-order chi connectivity index (χ1) is 8.99. The largest absolute Gasteiger partial charge is 0.279 e. The Balaban J connectivity index is 1.99. The molecule has 106 valence electrons. The van der Waals surface area contributed by atoms with Gasteiger partial charge in [0.2, 0.25) is 0 Å². The van der Waals surface area contributed by atoms with Crippen molar-refractivity contribution >= 4 is 21.8 Å². The van der Waals surface area contributed by atoms with E-state index in [0.29, 0.717) is 18.1 Å². The predicted octanol–water partition coefficient (Wildman–Crippen LogP) is 2.55. The van der Waals surface area contributed by atoms with Gasteiger partial charge in [0.05, 0.1) is 0 Å². The van der Waals surface area contributed by atoms with Gasteiger partial charge in [-0.15, -0.1) is 0 Å². The Hall–Kier alpha value is -0.620. The van der Waals surface area contributed by atoms with Gasteiger partial charge in [0.1, 0.15) is 0 Å². The molecule has 2 rings (SSSR count). The number of hydrogen-bond donors (Lipinski definition) is 1. The summed E-state index contributed by atoms with van der Waals surface area (Å²) in [5.41, 5.74) is 0.901. The first-order valence-electron chi connectivity index (χ1n) is 6.50. The van der Waals surface area contributed by atoms with Gasteiger partial charge in [-0.1, -0.05) is 30.2 Å². The maximum atomic E-state index is 12.2. The fourth-order valence-corrected chi connectivity index (χ4v) is 3.88. The van der Waals surface area contributed by atoms with Crippen LogP contribution in [0.15, 0.2) is 24.3 Å². The molecule has 1 atom stereocenters. The molecule has 1 aromatic rings. The van der Waals surface area contributed by atoms with Crippen molar-refractivity contribution in [2.75, 3.05) is 6.54 Å². The number of nitrogens with zero attached hydrogens (tertiary/aromatic N) is 1. The average molecular weight is 303 g/mol. The monoisotopic (exact) mass is 302 g/mol. The molecule has 1 aliphatic heterocycles. The molecule has 1 fully saturated rings. The molecule has 0 spiro atoms. The summed E-state index contributed by atoms with van der Waals surface area (Å²) in [5.74, 6) is 0. The van der Waals surface area contributed by atoms with Crippen LogP contribution in [0.25, 0.3) is 0 Å². The van der Waals surface area contributed by atoms with E-state index in [1.54, 1.807) is 16.4 Å². The van der Waals surface area contributed by atoms with E-state index < -0.39 is 10.2 Å². The minimum Gasteiger partial charge on any atom is -0.198 e. The van der Waals surface area contributed by atoms with E-state index in [1.807, 2.05) is 19.1 Å². The van der Waals surface area contributed by atoms with Gasteiger partial charge >= 0.3 is 0 Å². The normalized spacial score (nSPS) is 21.5. The molecule has 0 saturated carbocycles. The van der Waals surface area contributed by atoms with Gasteiger partial charge in [-0.3, -0.25) is 0 Å². The zero-order chi connectivity index (χ0) is 13.9. The van der Waals surface area contributed by atoms with Crippen LogP contribution in [0.5, 0.6) is 0 Å². The third kappa shape index (κ3) is 3.92. The van der Waals surface area contributed by atoms with Gasteiger partial charge in [-0.2, -0.15) is 17.4 Å². The lowest BCUT2D eigenvalue weighted by atomic mass is 10.1. The minimum atomic E-state index is -3.39. The highest BCUT2D eigenvalue weighted by atomic mass is 35.5. The van der Waals surface area contributed by atoms with E-state index in [1.165, 1.54) is 0 Å². The summed E-state index contributed by atoms with van der Waals surface area (Å²) >= 11 is 5.80. The Morgan fingerprint density at radius 2 is 2.00 bits per heavy atom. The summed E-state index contributed by atoms with van der Waals surface area (Å²) in [6, 6.07) is 7.25. The second-order valence-electron chi connectivity index (χ2n) is 4.91. The molecule has 1 heterocycles. The molecule has 1 N–H and O–H groups in total. The van der Waals surface area contributed by atoms with Gasteiger partial charge in [0.15, 0.2) is 0 Å². The van der Waals surface area contributed by atoms with Crippen molar-refractivity contribution in [3.63, 3.8) is 0 Å². The maximum absolute atomic E-state index is 12.2. The summed E-state index contributed by atoms with van der Waals surface area (Å²) in [5, 5.41) is 0.649. The summed E-state index contributed by atoms with van der Waals surface area (Å²) in [6.07, 6.45) is 2.97. The van der Waals surface area contributed by atoms with Gasteiger partial charge in [-0.25, -0.2) is 0 Å². The molecule has 1 saturated heterocycles. The molecule has 0 aromatic heterocycles. The van der Waals surface area contributed by atoms with E-state index in [2.05, 4.69) is 4.72 Å². The number of benzene rings is 1. The van der Waals surface area contributed by atoms with E-state index in [-0.39, 0.29) is 6.04 Å².